The molecule has 1 aromatic carbocycles. The molecular formula is C19H22N2O2S. The van der Waals surface area contributed by atoms with Crippen molar-refractivity contribution in [3.63, 3.8) is 0 Å². The molecule has 1 saturated heterocycles. The van der Waals surface area contributed by atoms with Gasteiger partial charge >= 0.3 is 6.03 Å². The largest absolute Gasteiger partial charge is 0.331 e. The van der Waals surface area contributed by atoms with Crippen molar-refractivity contribution < 1.29 is 9.59 Å². The molecule has 0 bridgehead atoms. The fourth-order valence-electron chi connectivity index (χ4n) is 3.21. The van der Waals surface area contributed by atoms with Gasteiger partial charge in [-0.1, -0.05) is 31.2 Å². The number of hydrogen-bond acceptors (Lipinski definition) is 3. The number of anilines is 1. The maximum absolute atomic E-state index is 13.2. The lowest BCUT2D eigenvalue weighted by atomic mass is 10.0. The summed E-state index contributed by atoms with van der Waals surface area (Å²) >= 11 is 1.36. The Bertz CT molecular complexity index is 685. The highest BCUT2D eigenvalue weighted by Gasteiger charge is 2.33. The van der Waals surface area contributed by atoms with Crippen LogP contribution in [0.5, 0.6) is 0 Å². The number of urea groups is 1. The van der Waals surface area contributed by atoms with Crippen molar-refractivity contribution in [2.75, 3.05) is 11.4 Å². The van der Waals surface area contributed by atoms with Crippen LogP contribution in [0.2, 0.25) is 0 Å². The number of imide groups is 1. The number of rotatable bonds is 3. The average molecular weight is 342 g/mol. The third kappa shape index (κ3) is 3.36. The van der Waals surface area contributed by atoms with Crippen molar-refractivity contribution in [1.82, 2.24) is 4.90 Å². The third-order valence-corrected chi connectivity index (χ3v) is 5.34. The standard InChI is InChI=1S/C19H22N2O2S/c1-2-15-9-6-7-13-20(15)19(23)21(16-10-4-3-5-11-16)18(22)17-12-8-14-24-17/h3-5,8,10-12,14-15H,2,6-7,9,13H2,1H3. The molecule has 3 rings (SSSR count). The molecule has 5 heteroatoms. The number of nitrogens with zero attached hydrogens (tertiary/aromatic N) is 2. The number of thiophene rings is 1. The number of hydrogen-bond donors (Lipinski definition) is 0. The summed E-state index contributed by atoms with van der Waals surface area (Å²) in [5.74, 6) is -0.248. The Morgan fingerprint density at radius 2 is 1.96 bits per heavy atom. The molecule has 2 heterocycles. The van der Waals surface area contributed by atoms with E-state index in [9.17, 15) is 9.59 Å². The molecular weight excluding hydrogens is 320 g/mol. The van der Waals surface area contributed by atoms with Crippen molar-refractivity contribution in [1.29, 1.82) is 0 Å². The van der Waals surface area contributed by atoms with Gasteiger partial charge in [-0.25, -0.2) is 9.69 Å². The summed E-state index contributed by atoms with van der Waals surface area (Å²) in [4.78, 5) is 30.0. The molecule has 0 spiro atoms. The predicted molar refractivity (Wildman–Crippen MR) is 97.6 cm³/mol. The summed E-state index contributed by atoms with van der Waals surface area (Å²) in [6.45, 7) is 2.82. The Morgan fingerprint density at radius 3 is 2.62 bits per heavy atom. The zero-order chi connectivity index (χ0) is 16.9. The molecule has 1 unspecified atom stereocenters. The molecule has 1 fully saturated rings. The van der Waals surface area contributed by atoms with Gasteiger partial charge in [-0.05, 0) is 49.3 Å². The zero-order valence-corrected chi connectivity index (χ0v) is 14.7. The minimum absolute atomic E-state index is 0.203. The van der Waals surface area contributed by atoms with Gasteiger partial charge in [-0.15, -0.1) is 11.3 Å². The minimum atomic E-state index is -0.248. The number of carbonyl (C=O) groups is 2. The van der Waals surface area contributed by atoms with Gasteiger partial charge in [0, 0.05) is 12.6 Å². The van der Waals surface area contributed by atoms with Crippen molar-refractivity contribution in [2.45, 2.75) is 38.6 Å². The average Bonchev–Trinajstić information content (AvgIpc) is 3.17. The second kappa shape index (κ2) is 7.62. The fraction of sp³-hybridized carbons (Fsp3) is 0.368. The summed E-state index contributed by atoms with van der Waals surface area (Å²) in [7, 11) is 0. The molecule has 1 aliphatic heterocycles. The van der Waals surface area contributed by atoms with Gasteiger partial charge < -0.3 is 4.90 Å². The van der Waals surface area contributed by atoms with Crippen molar-refractivity contribution >= 4 is 29.0 Å². The maximum Gasteiger partial charge on any atom is 0.331 e. The van der Waals surface area contributed by atoms with Crippen LogP contribution in [0.4, 0.5) is 10.5 Å². The molecule has 24 heavy (non-hydrogen) atoms. The van der Waals surface area contributed by atoms with Crippen LogP contribution >= 0.6 is 11.3 Å². The number of amides is 3. The summed E-state index contributed by atoms with van der Waals surface area (Å²) in [6, 6.07) is 12.8. The van der Waals surface area contributed by atoms with Crippen molar-refractivity contribution in [3.05, 3.63) is 52.7 Å². The first-order chi connectivity index (χ1) is 11.7. The summed E-state index contributed by atoms with van der Waals surface area (Å²) in [5, 5.41) is 1.86. The van der Waals surface area contributed by atoms with Crippen LogP contribution in [0, 0.1) is 0 Å². The lowest BCUT2D eigenvalue weighted by molar-refractivity contribution is 0.0976. The van der Waals surface area contributed by atoms with E-state index in [1.165, 1.54) is 16.2 Å². The Hall–Kier alpha value is -2.14. The highest BCUT2D eigenvalue weighted by Crippen LogP contribution is 2.26. The summed E-state index contributed by atoms with van der Waals surface area (Å²) < 4.78 is 0. The number of benzene rings is 1. The minimum Gasteiger partial charge on any atom is -0.321 e. The number of carbonyl (C=O) groups excluding carboxylic acids is 2. The maximum atomic E-state index is 13.2. The Morgan fingerprint density at radius 1 is 1.17 bits per heavy atom. The van der Waals surface area contributed by atoms with Crippen LogP contribution in [0.1, 0.15) is 42.3 Å². The summed E-state index contributed by atoms with van der Waals surface area (Å²) in [6.07, 6.45) is 4.07. The molecule has 1 atom stereocenters. The van der Waals surface area contributed by atoms with Crippen LogP contribution in [-0.4, -0.2) is 29.4 Å². The third-order valence-electron chi connectivity index (χ3n) is 4.48. The van der Waals surface area contributed by atoms with E-state index in [0.717, 1.165) is 32.2 Å². The quantitative estimate of drug-likeness (QED) is 0.805. The molecule has 126 valence electrons. The van der Waals surface area contributed by atoms with E-state index >= 15 is 0 Å². The van der Waals surface area contributed by atoms with E-state index < -0.39 is 0 Å². The number of piperidine rings is 1. The number of likely N-dealkylation sites (tertiary alicyclic amines) is 1. The molecule has 1 aliphatic rings. The lowest BCUT2D eigenvalue weighted by Crippen LogP contribution is -2.52. The van der Waals surface area contributed by atoms with E-state index in [4.69, 9.17) is 0 Å². The molecule has 4 nitrogen and oxygen atoms in total. The SMILES string of the molecule is CCC1CCCCN1C(=O)N(C(=O)c1cccs1)c1ccccc1. The van der Waals surface area contributed by atoms with E-state index in [-0.39, 0.29) is 18.0 Å². The lowest BCUT2D eigenvalue weighted by Gasteiger charge is -2.38. The zero-order valence-electron chi connectivity index (χ0n) is 13.9. The van der Waals surface area contributed by atoms with Gasteiger partial charge in [-0.3, -0.25) is 4.79 Å². The van der Waals surface area contributed by atoms with Crippen LogP contribution in [0.3, 0.4) is 0 Å². The van der Waals surface area contributed by atoms with Crippen molar-refractivity contribution in [3.8, 4) is 0 Å². The molecule has 2 aromatic rings. The Labute approximate surface area is 146 Å². The smallest absolute Gasteiger partial charge is 0.321 e. The van der Waals surface area contributed by atoms with Crippen LogP contribution in [0.15, 0.2) is 47.8 Å². The normalized spacial score (nSPS) is 17.5. The van der Waals surface area contributed by atoms with Gasteiger partial charge in [-0.2, -0.15) is 0 Å². The first-order valence-corrected chi connectivity index (χ1v) is 9.34. The van der Waals surface area contributed by atoms with Gasteiger partial charge in [0.2, 0.25) is 0 Å². The van der Waals surface area contributed by atoms with Gasteiger partial charge in [0.05, 0.1) is 10.6 Å². The first kappa shape index (κ1) is 16.7. The first-order valence-electron chi connectivity index (χ1n) is 8.46. The van der Waals surface area contributed by atoms with E-state index in [2.05, 4.69) is 6.92 Å². The highest BCUT2D eigenvalue weighted by atomic mass is 32.1. The fourth-order valence-corrected chi connectivity index (χ4v) is 3.86. The van der Waals surface area contributed by atoms with E-state index in [0.29, 0.717) is 10.6 Å². The van der Waals surface area contributed by atoms with E-state index in [1.807, 2.05) is 46.7 Å². The van der Waals surface area contributed by atoms with E-state index in [1.54, 1.807) is 6.07 Å². The Kier molecular flexibility index (Phi) is 5.30. The Balaban J connectivity index is 1.95. The molecule has 0 aliphatic carbocycles. The monoisotopic (exact) mass is 342 g/mol. The van der Waals surface area contributed by atoms with Crippen LogP contribution < -0.4 is 4.90 Å². The molecule has 1 aromatic heterocycles. The van der Waals surface area contributed by atoms with Crippen molar-refractivity contribution in [2.24, 2.45) is 0 Å². The molecule has 3 amide bonds. The molecule has 0 saturated carbocycles. The highest BCUT2D eigenvalue weighted by molar-refractivity contribution is 7.12. The second-order valence-corrected chi connectivity index (χ2v) is 6.93. The predicted octanol–water partition coefficient (Wildman–Crippen LogP) is 4.78. The van der Waals surface area contributed by atoms with Gasteiger partial charge in [0.1, 0.15) is 0 Å². The summed E-state index contributed by atoms with van der Waals surface area (Å²) in [5.41, 5.74) is 0.626. The second-order valence-electron chi connectivity index (χ2n) is 5.99. The number of para-hydroxylation sites is 1. The topological polar surface area (TPSA) is 40.6 Å². The van der Waals surface area contributed by atoms with Gasteiger partial charge in [0.15, 0.2) is 0 Å². The van der Waals surface area contributed by atoms with Crippen LogP contribution in [-0.2, 0) is 0 Å². The molecule has 0 radical (unpaired) electrons. The van der Waals surface area contributed by atoms with Crippen LogP contribution in [0.25, 0.3) is 0 Å². The molecule has 0 N–H and O–H groups in total. The van der Waals surface area contributed by atoms with Gasteiger partial charge in [0.25, 0.3) is 5.91 Å².